The van der Waals surface area contributed by atoms with E-state index in [1.54, 1.807) is 0 Å². The monoisotopic (exact) mass is 276 g/mol. The Balaban J connectivity index is 1.88. The molecule has 0 radical (unpaired) electrons. The summed E-state index contributed by atoms with van der Waals surface area (Å²) in [6, 6.07) is 11.1. The van der Waals surface area contributed by atoms with Crippen LogP contribution in [0.15, 0.2) is 30.3 Å². The highest BCUT2D eigenvalue weighted by Crippen LogP contribution is 2.24. The van der Waals surface area contributed by atoms with Crippen LogP contribution in [-0.4, -0.2) is 43.2 Å². The zero-order valence-electron chi connectivity index (χ0n) is 12.5. The van der Waals surface area contributed by atoms with Crippen molar-refractivity contribution in [3.8, 4) is 0 Å². The van der Waals surface area contributed by atoms with Gasteiger partial charge in [-0.2, -0.15) is 0 Å². The molecule has 0 unspecified atom stereocenters. The Labute approximate surface area is 121 Å². The van der Waals surface area contributed by atoms with Gasteiger partial charge >= 0.3 is 5.97 Å². The smallest absolute Gasteiger partial charge is 0.322 e. The van der Waals surface area contributed by atoms with Crippen LogP contribution in [0.5, 0.6) is 0 Å². The molecule has 4 heteroatoms. The molecule has 0 amide bonds. The molecule has 110 valence electrons. The summed E-state index contributed by atoms with van der Waals surface area (Å²) in [4.78, 5) is 13.9. The molecule has 1 N–H and O–H groups in total. The van der Waals surface area contributed by atoms with Gasteiger partial charge in [-0.15, -0.1) is 0 Å². The lowest BCUT2D eigenvalue weighted by molar-refractivity contribution is -0.142. The second-order valence-corrected chi connectivity index (χ2v) is 5.48. The summed E-state index contributed by atoms with van der Waals surface area (Å²) in [7, 11) is 1.43. The highest BCUT2D eigenvalue weighted by molar-refractivity contribution is 5.75. The van der Waals surface area contributed by atoms with Crippen molar-refractivity contribution in [2.24, 2.45) is 0 Å². The molecule has 0 aromatic heterocycles. The number of rotatable bonds is 5. The van der Waals surface area contributed by atoms with Crippen molar-refractivity contribution in [1.29, 1.82) is 0 Å². The van der Waals surface area contributed by atoms with Crippen molar-refractivity contribution in [2.75, 3.05) is 20.2 Å². The minimum absolute atomic E-state index is 0.195. The average Bonchev–Trinajstić information content (AvgIpc) is 2.94. The highest BCUT2D eigenvalue weighted by Gasteiger charge is 2.28. The first kappa shape index (κ1) is 15.0. The Morgan fingerprint density at radius 1 is 1.35 bits per heavy atom. The van der Waals surface area contributed by atoms with Gasteiger partial charge in [-0.1, -0.05) is 30.3 Å². The first-order chi connectivity index (χ1) is 9.61. The van der Waals surface area contributed by atoms with E-state index in [4.69, 9.17) is 4.74 Å². The quantitative estimate of drug-likeness (QED) is 0.835. The number of benzene rings is 1. The molecule has 2 rings (SSSR count). The Bertz CT molecular complexity index is 435. The number of carbonyl (C=O) groups is 1. The molecule has 1 fully saturated rings. The Hall–Kier alpha value is -1.39. The standard InChI is InChI=1S/C16H24N2O2/c1-12(16(19)20-3)17-15-9-10-18(11-15)13(2)14-7-5-4-6-8-14/h4-8,12-13,15,17H,9-11H2,1-3H3/t12-,13+,15+/m0/s1. The summed E-state index contributed by atoms with van der Waals surface area (Å²) < 4.78 is 4.75. The van der Waals surface area contributed by atoms with Gasteiger partial charge in [0.15, 0.2) is 0 Å². The summed E-state index contributed by atoms with van der Waals surface area (Å²) in [6.07, 6.45) is 1.07. The number of ether oxygens (including phenoxy) is 1. The van der Waals surface area contributed by atoms with E-state index in [9.17, 15) is 4.79 Å². The van der Waals surface area contributed by atoms with Crippen LogP contribution in [0.3, 0.4) is 0 Å². The third-order valence-electron chi connectivity index (χ3n) is 4.09. The number of nitrogens with zero attached hydrogens (tertiary/aromatic N) is 1. The number of carbonyl (C=O) groups excluding carboxylic acids is 1. The lowest BCUT2D eigenvalue weighted by atomic mass is 10.1. The first-order valence-electron chi connectivity index (χ1n) is 7.24. The van der Waals surface area contributed by atoms with Crippen molar-refractivity contribution >= 4 is 5.97 Å². The van der Waals surface area contributed by atoms with Crippen molar-refractivity contribution < 1.29 is 9.53 Å². The molecule has 0 bridgehead atoms. The fraction of sp³-hybridized carbons (Fsp3) is 0.562. The third-order valence-corrected chi connectivity index (χ3v) is 4.09. The van der Waals surface area contributed by atoms with Gasteiger partial charge in [0.1, 0.15) is 6.04 Å². The molecule has 0 spiro atoms. The van der Waals surface area contributed by atoms with E-state index in [2.05, 4.69) is 41.4 Å². The summed E-state index contributed by atoms with van der Waals surface area (Å²) in [5.74, 6) is -0.195. The van der Waals surface area contributed by atoms with Crippen LogP contribution in [0.2, 0.25) is 0 Å². The minimum atomic E-state index is -0.239. The average molecular weight is 276 g/mol. The number of likely N-dealkylation sites (tertiary alicyclic amines) is 1. The Morgan fingerprint density at radius 3 is 2.70 bits per heavy atom. The first-order valence-corrected chi connectivity index (χ1v) is 7.24. The lowest BCUT2D eigenvalue weighted by Gasteiger charge is -2.25. The molecule has 3 atom stereocenters. The fourth-order valence-electron chi connectivity index (χ4n) is 2.82. The molecule has 0 aliphatic carbocycles. The maximum Gasteiger partial charge on any atom is 0.322 e. The van der Waals surface area contributed by atoms with Gasteiger partial charge < -0.3 is 10.1 Å². The highest BCUT2D eigenvalue weighted by atomic mass is 16.5. The molecule has 1 aliphatic heterocycles. The maximum absolute atomic E-state index is 11.4. The topological polar surface area (TPSA) is 41.6 Å². The number of hydrogen-bond acceptors (Lipinski definition) is 4. The van der Waals surface area contributed by atoms with Gasteiger partial charge in [-0.05, 0) is 25.8 Å². The van der Waals surface area contributed by atoms with Gasteiger partial charge in [0, 0.05) is 25.2 Å². The molecular weight excluding hydrogens is 252 g/mol. The van der Waals surface area contributed by atoms with Gasteiger partial charge in [-0.25, -0.2) is 0 Å². The Morgan fingerprint density at radius 2 is 2.05 bits per heavy atom. The molecule has 1 aromatic carbocycles. The van der Waals surface area contributed by atoms with E-state index < -0.39 is 0 Å². The summed E-state index contributed by atoms with van der Waals surface area (Å²) in [5.41, 5.74) is 1.34. The second-order valence-electron chi connectivity index (χ2n) is 5.48. The number of hydrogen-bond donors (Lipinski definition) is 1. The molecule has 20 heavy (non-hydrogen) atoms. The zero-order chi connectivity index (χ0) is 14.5. The van der Waals surface area contributed by atoms with Crippen molar-refractivity contribution in [3.05, 3.63) is 35.9 Å². The van der Waals surface area contributed by atoms with Crippen LogP contribution in [0.25, 0.3) is 0 Å². The molecular formula is C16H24N2O2. The predicted molar refractivity (Wildman–Crippen MR) is 79.4 cm³/mol. The Kier molecular flexibility index (Phi) is 5.15. The summed E-state index contributed by atoms with van der Waals surface area (Å²) >= 11 is 0. The second kappa shape index (κ2) is 6.86. The van der Waals surface area contributed by atoms with Gasteiger partial charge in [0.25, 0.3) is 0 Å². The molecule has 1 saturated heterocycles. The number of nitrogens with one attached hydrogen (secondary N) is 1. The van der Waals surface area contributed by atoms with Gasteiger partial charge in [0.05, 0.1) is 7.11 Å². The van der Waals surface area contributed by atoms with E-state index in [0.29, 0.717) is 12.1 Å². The third kappa shape index (κ3) is 3.58. The predicted octanol–water partition coefficient (Wildman–Crippen LogP) is 1.97. The minimum Gasteiger partial charge on any atom is -0.468 e. The van der Waals surface area contributed by atoms with Crippen LogP contribution in [0, 0.1) is 0 Å². The largest absolute Gasteiger partial charge is 0.468 e. The van der Waals surface area contributed by atoms with Crippen molar-refractivity contribution in [3.63, 3.8) is 0 Å². The van der Waals surface area contributed by atoms with Crippen molar-refractivity contribution in [2.45, 2.75) is 38.4 Å². The van der Waals surface area contributed by atoms with E-state index in [1.807, 2.05) is 13.0 Å². The number of esters is 1. The van der Waals surface area contributed by atoms with Crippen LogP contribution < -0.4 is 5.32 Å². The molecule has 0 saturated carbocycles. The molecule has 1 aliphatic rings. The van der Waals surface area contributed by atoms with Crippen LogP contribution >= 0.6 is 0 Å². The van der Waals surface area contributed by atoms with Gasteiger partial charge in [-0.3, -0.25) is 9.69 Å². The van der Waals surface area contributed by atoms with E-state index in [-0.39, 0.29) is 12.0 Å². The van der Waals surface area contributed by atoms with Crippen LogP contribution in [-0.2, 0) is 9.53 Å². The normalized spacial score (nSPS) is 22.4. The SMILES string of the molecule is COC(=O)[C@H](C)N[C@@H]1CCN([C@H](C)c2ccccc2)C1. The molecule has 1 heterocycles. The van der Waals surface area contributed by atoms with Crippen molar-refractivity contribution in [1.82, 2.24) is 10.2 Å². The summed E-state index contributed by atoms with van der Waals surface area (Å²) in [5, 5.41) is 3.35. The van der Waals surface area contributed by atoms with Gasteiger partial charge in [0.2, 0.25) is 0 Å². The number of methoxy groups -OCH3 is 1. The lowest BCUT2D eigenvalue weighted by Crippen LogP contribution is -2.43. The molecule has 4 nitrogen and oxygen atoms in total. The molecule has 1 aromatic rings. The zero-order valence-corrected chi connectivity index (χ0v) is 12.5. The van der Waals surface area contributed by atoms with Crippen LogP contribution in [0.4, 0.5) is 0 Å². The maximum atomic E-state index is 11.4. The van der Waals surface area contributed by atoms with E-state index in [1.165, 1.54) is 12.7 Å². The van der Waals surface area contributed by atoms with E-state index >= 15 is 0 Å². The van der Waals surface area contributed by atoms with E-state index in [0.717, 1.165) is 19.5 Å². The summed E-state index contributed by atoms with van der Waals surface area (Å²) in [6.45, 7) is 6.12. The van der Waals surface area contributed by atoms with Crippen LogP contribution in [0.1, 0.15) is 31.9 Å². The fourth-order valence-corrected chi connectivity index (χ4v) is 2.82.